The van der Waals surface area contributed by atoms with Gasteiger partial charge in [0.15, 0.2) is 0 Å². The van der Waals surface area contributed by atoms with Crippen molar-refractivity contribution in [2.45, 2.75) is 26.9 Å². The van der Waals surface area contributed by atoms with Gasteiger partial charge in [-0.05, 0) is 26.8 Å². The van der Waals surface area contributed by atoms with Gasteiger partial charge in [-0.15, -0.1) is 0 Å². The molecule has 0 aliphatic carbocycles. The molecule has 0 aromatic heterocycles. The second-order valence-electron chi connectivity index (χ2n) is 2.67. The predicted octanol–water partition coefficient (Wildman–Crippen LogP) is 2.57. The molecule has 0 unspecified atom stereocenters. The van der Waals surface area contributed by atoms with Crippen LogP contribution in [-0.2, 0) is 4.74 Å². The Bertz CT molecular complexity index is 180. The van der Waals surface area contributed by atoms with Crippen LogP contribution in [-0.4, -0.2) is 18.4 Å². The molecule has 68 valence electrons. The predicted molar refractivity (Wildman–Crippen MR) is 53.5 cm³/mol. The van der Waals surface area contributed by atoms with Crippen LogP contribution in [0.15, 0.2) is 29.9 Å². The van der Waals surface area contributed by atoms with Crippen molar-refractivity contribution in [2.24, 2.45) is 4.99 Å². The van der Waals surface area contributed by atoms with Crippen molar-refractivity contribution in [3.8, 4) is 0 Å². The summed E-state index contributed by atoms with van der Waals surface area (Å²) < 4.78 is 5.36. The molecule has 0 fully saturated rings. The number of ether oxygens (including phenoxy) is 1. The fourth-order valence-corrected chi connectivity index (χ4v) is 0.571. The van der Waals surface area contributed by atoms with Gasteiger partial charge in [0, 0.05) is 6.20 Å². The SMILES string of the molecule is C=CC(COC(C)C)=N/C=C\C. The molecule has 0 radical (unpaired) electrons. The third-order valence-electron chi connectivity index (χ3n) is 1.19. The topological polar surface area (TPSA) is 21.6 Å². The average molecular weight is 167 g/mol. The molecule has 0 rings (SSSR count). The van der Waals surface area contributed by atoms with E-state index in [2.05, 4.69) is 11.6 Å². The molecule has 0 saturated carbocycles. The fraction of sp³-hybridized carbons (Fsp3) is 0.500. The normalized spacial score (nSPS) is 12.8. The maximum Gasteiger partial charge on any atom is 0.0891 e. The van der Waals surface area contributed by atoms with Crippen molar-refractivity contribution >= 4 is 5.71 Å². The minimum absolute atomic E-state index is 0.237. The van der Waals surface area contributed by atoms with Crippen LogP contribution in [0, 0.1) is 0 Å². The van der Waals surface area contributed by atoms with E-state index in [9.17, 15) is 0 Å². The molecule has 2 heteroatoms. The highest BCUT2D eigenvalue weighted by molar-refractivity contribution is 5.95. The van der Waals surface area contributed by atoms with E-state index >= 15 is 0 Å². The van der Waals surface area contributed by atoms with Gasteiger partial charge in [-0.3, -0.25) is 4.99 Å². The zero-order valence-electron chi connectivity index (χ0n) is 8.08. The summed E-state index contributed by atoms with van der Waals surface area (Å²) >= 11 is 0. The monoisotopic (exact) mass is 167 g/mol. The summed E-state index contributed by atoms with van der Waals surface area (Å²) in [5.41, 5.74) is 0.863. The number of rotatable bonds is 5. The minimum atomic E-state index is 0.237. The standard InChI is InChI=1S/C10H17NO/c1-5-7-11-10(6-2)8-12-9(3)4/h5-7,9H,2,8H2,1,3-4H3/b7-5-,11-10?. The molecule has 0 heterocycles. The number of aliphatic imine (C=N–C) groups is 1. The molecule has 0 amide bonds. The van der Waals surface area contributed by atoms with E-state index in [0.29, 0.717) is 6.61 Å². The first-order valence-corrected chi connectivity index (χ1v) is 4.12. The van der Waals surface area contributed by atoms with E-state index in [1.165, 1.54) is 0 Å². The second kappa shape index (κ2) is 6.80. The Hall–Kier alpha value is -0.890. The van der Waals surface area contributed by atoms with Crippen LogP contribution < -0.4 is 0 Å². The first-order chi connectivity index (χ1) is 5.70. The third kappa shape index (κ3) is 5.86. The smallest absolute Gasteiger partial charge is 0.0891 e. The first kappa shape index (κ1) is 11.1. The Morgan fingerprint density at radius 1 is 1.58 bits per heavy atom. The lowest BCUT2D eigenvalue weighted by Crippen LogP contribution is -2.10. The molecule has 0 atom stereocenters. The lowest BCUT2D eigenvalue weighted by molar-refractivity contribution is 0.111. The minimum Gasteiger partial charge on any atom is -0.373 e. The maximum atomic E-state index is 5.36. The molecule has 0 aliphatic rings. The van der Waals surface area contributed by atoms with Gasteiger partial charge in [-0.2, -0.15) is 0 Å². The summed E-state index contributed by atoms with van der Waals surface area (Å²) in [6.07, 6.45) is 5.56. The molecule has 0 aromatic carbocycles. The average Bonchev–Trinajstić information content (AvgIpc) is 2.05. The Balaban J connectivity index is 3.91. The number of hydrogen-bond acceptors (Lipinski definition) is 2. The maximum absolute atomic E-state index is 5.36. The highest BCUT2D eigenvalue weighted by Crippen LogP contribution is 1.91. The molecule has 0 spiro atoms. The summed E-state index contributed by atoms with van der Waals surface area (Å²) in [6, 6.07) is 0. The number of allylic oxidation sites excluding steroid dienone is 1. The van der Waals surface area contributed by atoms with Gasteiger partial charge >= 0.3 is 0 Å². The molecule has 0 aromatic rings. The number of nitrogens with zero attached hydrogens (tertiary/aromatic N) is 1. The molecule has 12 heavy (non-hydrogen) atoms. The zero-order chi connectivity index (χ0) is 9.40. The van der Waals surface area contributed by atoms with Crippen molar-refractivity contribution in [3.05, 3.63) is 24.9 Å². The van der Waals surface area contributed by atoms with Crippen molar-refractivity contribution in [1.29, 1.82) is 0 Å². The van der Waals surface area contributed by atoms with Gasteiger partial charge in [0.1, 0.15) is 0 Å². The van der Waals surface area contributed by atoms with Crippen molar-refractivity contribution < 1.29 is 4.74 Å². The Kier molecular flexibility index (Phi) is 6.29. The highest BCUT2D eigenvalue weighted by atomic mass is 16.5. The second-order valence-corrected chi connectivity index (χ2v) is 2.67. The van der Waals surface area contributed by atoms with Crippen molar-refractivity contribution in [1.82, 2.24) is 0 Å². The summed E-state index contributed by atoms with van der Waals surface area (Å²) in [4.78, 5) is 4.13. The van der Waals surface area contributed by atoms with Crippen LogP contribution in [0.5, 0.6) is 0 Å². The van der Waals surface area contributed by atoms with Gasteiger partial charge < -0.3 is 4.74 Å². The van der Waals surface area contributed by atoms with E-state index in [0.717, 1.165) is 5.71 Å². The van der Waals surface area contributed by atoms with Crippen molar-refractivity contribution in [2.75, 3.05) is 6.61 Å². The van der Waals surface area contributed by atoms with Crippen LogP contribution in [0.1, 0.15) is 20.8 Å². The lowest BCUT2D eigenvalue weighted by Gasteiger charge is -2.05. The number of hydrogen-bond donors (Lipinski definition) is 0. The quantitative estimate of drug-likeness (QED) is 0.577. The van der Waals surface area contributed by atoms with Crippen LogP contribution in [0.4, 0.5) is 0 Å². The van der Waals surface area contributed by atoms with E-state index in [4.69, 9.17) is 4.74 Å². The summed E-state index contributed by atoms with van der Waals surface area (Å²) in [5, 5.41) is 0. The van der Waals surface area contributed by atoms with Gasteiger partial charge in [-0.1, -0.05) is 12.7 Å². The van der Waals surface area contributed by atoms with E-state index in [1.54, 1.807) is 12.3 Å². The molecule has 0 saturated heterocycles. The highest BCUT2D eigenvalue weighted by Gasteiger charge is 1.95. The van der Waals surface area contributed by atoms with Gasteiger partial charge in [0.05, 0.1) is 18.4 Å². The molecular formula is C10H17NO. The van der Waals surface area contributed by atoms with Gasteiger partial charge in [-0.25, -0.2) is 0 Å². The van der Waals surface area contributed by atoms with Crippen molar-refractivity contribution in [3.63, 3.8) is 0 Å². The first-order valence-electron chi connectivity index (χ1n) is 4.12. The Labute approximate surface area is 74.7 Å². The largest absolute Gasteiger partial charge is 0.373 e. The third-order valence-corrected chi connectivity index (χ3v) is 1.19. The summed E-state index contributed by atoms with van der Waals surface area (Å²) in [7, 11) is 0. The van der Waals surface area contributed by atoms with Crippen LogP contribution >= 0.6 is 0 Å². The van der Waals surface area contributed by atoms with Gasteiger partial charge in [0.25, 0.3) is 0 Å². The lowest BCUT2D eigenvalue weighted by atomic mass is 10.4. The van der Waals surface area contributed by atoms with E-state index in [1.807, 2.05) is 26.8 Å². The summed E-state index contributed by atoms with van der Waals surface area (Å²) in [5.74, 6) is 0. The molecular weight excluding hydrogens is 150 g/mol. The molecule has 2 nitrogen and oxygen atoms in total. The molecule has 0 N–H and O–H groups in total. The molecule has 0 aliphatic heterocycles. The summed E-state index contributed by atoms with van der Waals surface area (Å²) in [6.45, 7) is 10.1. The van der Waals surface area contributed by atoms with Crippen LogP contribution in [0.2, 0.25) is 0 Å². The Morgan fingerprint density at radius 3 is 2.67 bits per heavy atom. The zero-order valence-corrected chi connectivity index (χ0v) is 8.08. The van der Waals surface area contributed by atoms with E-state index < -0.39 is 0 Å². The molecule has 0 bridgehead atoms. The van der Waals surface area contributed by atoms with Crippen LogP contribution in [0.3, 0.4) is 0 Å². The van der Waals surface area contributed by atoms with Gasteiger partial charge in [0.2, 0.25) is 0 Å². The Morgan fingerprint density at radius 2 is 2.25 bits per heavy atom. The fourth-order valence-electron chi connectivity index (χ4n) is 0.571. The van der Waals surface area contributed by atoms with E-state index in [-0.39, 0.29) is 6.10 Å². The van der Waals surface area contributed by atoms with Crippen LogP contribution in [0.25, 0.3) is 0 Å².